The molecule has 0 radical (unpaired) electrons. The summed E-state index contributed by atoms with van der Waals surface area (Å²) >= 11 is 3.43. The predicted molar refractivity (Wildman–Crippen MR) is 125 cm³/mol. The number of hydrogen-bond donors (Lipinski definition) is 3. The van der Waals surface area contributed by atoms with Gasteiger partial charge in [-0.15, -0.1) is 10.2 Å². The normalized spacial score (nSPS) is 19.8. The Kier molecular flexibility index (Phi) is 7.46. The van der Waals surface area contributed by atoms with Crippen LogP contribution in [0, 0.1) is 5.92 Å². The first-order chi connectivity index (χ1) is 16.8. The van der Waals surface area contributed by atoms with E-state index in [-0.39, 0.29) is 53.0 Å². The van der Waals surface area contributed by atoms with Crippen molar-refractivity contribution in [3.05, 3.63) is 22.8 Å². The van der Waals surface area contributed by atoms with Gasteiger partial charge in [-0.25, -0.2) is 4.79 Å². The number of aliphatic carboxylic acids is 1. The van der Waals surface area contributed by atoms with Crippen molar-refractivity contribution in [2.24, 2.45) is 11.1 Å². The highest BCUT2D eigenvalue weighted by atomic mass is 32.2. The quantitative estimate of drug-likeness (QED) is 0.160. The van der Waals surface area contributed by atoms with Gasteiger partial charge in [0.15, 0.2) is 15.2 Å². The molecule has 14 nitrogen and oxygen atoms in total. The van der Waals surface area contributed by atoms with Crippen molar-refractivity contribution in [1.29, 1.82) is 0 Å². The molecule has 4 rings (SSSR count). The fourth-order valence-corrected chi connectivity index (χ4v) is 5.07. The summed E-state index contributed by atoms with van der Waals surface area (Å²) in [6.45, 7) is 4.06. The predicted octanol–water partition coefficient (Wildman–Crippen LogP) is 0.163. The second kappa shape index (κ2) is 10.5. The summed E-state index contributed by atoms with van der Waals surface area (Å²) in [5.41, 5.74) is 6.67. The maximum Gasteiger partial charge on any atom is 0.356 e. The van der Waals surface area contributed by atoms with Crippen molar-refractivity contribution in [1.82, 2.24) is 29.8 Å². The van der Waals surface area contributed by atoms with E-state index in [0.29, 0.717) is 4.34 Å². The number of hydrogen-bond acceptors (Lipinski definition) is 14. The summed E-state index contributed by atoms with van der Waals surface area (Å²) in [6, 6.07) is -1.74. The number of rotatable bonds is 10. The summed E-state index contributed by atoms with van der Waals surface area (Å²) in [5, 5.41) is 23.9. The topological polar surface area (TPSA) is 195 Å². The molecule has 2 aliphatic rings. The average Bonchev–Trinajstić information content (AvgIpc) is 3.49. The van der Waals surface area contributed by atoms with Gasteiger partial charge in [0.2, 0.25) is 11.5 Å². The second-order valence-corrected chi connectivity index (χ2v) is 10.5. The molecular weight excluding hydrogens is 520 g/mol. The zero-order valence-corrected chi connectivity index (χ0v) is 20.9. The Morgan fingerprint density at radius 1 is 1.49 bits per heavy atom. The van der Waals surface area contributed by atoms with Gasteiger partial charge >= 0.3 is 5.97 Å². The number of carbonyl (C=O) groups excluding carboxylic acids is 2. The Morgan fingerprint density at radius 3 is 2.91 bits per heavy atom. The highest BCUT2D eigenvalue weighted by molar-refractivity contribution is 8.01. The summed E-state index contributed by atoms with van der Waals surface area (Å²) in [5.74, 6) is -2.26. The Balaban J connectivity index is 1.48. The van der Waals surface area contributed by atoms with Gasteiger partial charge in [0.25, 0.3) is 11.8 Å². The minimum absolute atomic E-state index is 0.00228. The molecule has 0 spiro atoms. The number of nitrogens with two attached hydrogens (primary N) is 1. The standard InChI is InChI=1S/C18H20N8O6S3/c1-7(2)3-32-24-11(13-22-17(19)35-25-13)14(27)21-10-8-4-31-9(5-33-18-23-20-6-34-18)12(16(29)30)26(8)15(10)28/h6-8,10H,3-5H2,1-2H3,(H,21,27)(H,29,30)(H2,19,22,25)/b24-11-/t8-,10+/m1/s1. The molecule has 0 aliphatic carbocycles. The minimum atomic E-state index is -1.31. The Morgan fingerprint density at radius 2 is 2.29 bits per heavy atom. The van der Waals surface area contributed by atoms with E-state index in [1.54, 1.807) is 5.51 Å². The van der Waals surface area contributed by atoms with Crippen molar-refractivity contribution < 1.29 is 29.1 Å². The van der Waals surface area contributed by atoms with Gasteiger partial charge in [-0.05, 0) is 5.92 Å². The number of ether oxygens (including phenoxy) is 1. The van der Waals surface area contributed by atoms with Crippen LogP contribution in [0.15, 0.2) is 26.5 Å². The number of oxime groups is 1. The number of nitrogens with zero attached hydrogens (tertiary/aromatic N) is 6. The third-order valence-corrected chi connectivity index (χ3v) is 7.14. The monoisotopic (exact) mass is 540 g/mol. The number of thioether (sulfide) groups is 1. The second-order valence-electron chi connectivity index (χ2n) is 7.69. The first-order valence-electron chi connectivity index (χ1n) is 10.2. The van der Waals surface area contributed by atoms with Crippen LogP contribution in [0.5, 0.6) is 0 Å². The van der Waals surface area contributed by atoms with Crippen LogP contribution < -0.4 is 11.1 Å². The van der Waals surface area contributed by atoms with Crippen LogP contribution in [0.3, 0.4) is 0 Å². The summed E-state index contributed by atoms with van der Waals surface area (Å²) in [7, 11) is 0. The zero-order valence-electron chi connectivity index (χ0n) is 18.4. The SMILES string of the molecule is CC(C)CO/N=C(\C(=O)N[C@@H]1C(=O)N2C(C(=O)O)=C(CSc3nncs3)OC[C@H]12)c1nsc(N)n1. The molecule has 1 saturated heterocycles. The lowest BCUT2D eigenvalue weighted by molar-refractivity contribution is -0.160. The van der Waals surface area contributed by atoms with E-state index < -0.39 is 29.9 Å². The smallest absolute Gasteiger partial charge is 0.356 e. The van der Waals surface area contributed by atoms with Crippen molar-refractivity contribution in [2.75, 3.05) is 24.7 Å². The fraction of sp³-hybridized carbons (Fsp3) is 0.444. The molecule has 17 heteroatoms. The molecule has 0 unspecified atom stereocenters. The molecule has 1 fully saturated rings. The van der Waals surface area contributed by atoms with E-state index in [1.165, 1.54) is 23.1 Å². The number of nitrogens with one attached hydrogen (secondary N) is 1. The molecular formula is C18H20N8O6S3. The molecule has 2 aromatic heterocycles. The Bertz CT molecular complexity index is 1180. The van der Waals surface area contributed by atoms with Gasteiger partial charge in [-0.3, -0.25) is 14.5 Å². The maximum absolute atomic E-state index is 13.0. The van der Waals surface area contributed by atoms with E-state index in [4.69, 9.17) is 15.3 Å². The summed E-state index contributed by atoms with van der Waals surface area (Å²) < 4.78 is 10.3. The lowest BCUT2D eigenvalue weighted by atomic mass is 9.92. The summed E-state index contributed by atoms with van der Waals surface area (Å²) in [4.78, 5) is 48.1. The molecule has 0 saturated carbocycles. The number of amides is 2. The van der Waals surface area contributed by atoms with E-state index in [2.05, 4.69) is 30.0 Å². The number of nitrogen functional groups attached to an aromatic ring is 1. The van der Waals surface area contributed by atoms with Crippen LogP contribution in [0.1, 0.15) is 19.7 Å². The Hall–Kier alpha value is -3.31. The highest BCUT2D eigenvalue weighted by Gasteiger charge is 2.55. The number of carboxylic acids is 1. The molecule has 186 valence electrons. The van der Waals surface area contributed by atoms with E-state index in [1.807, 2.05) is 13.8 Å². The first kappa shape index (κ1) is 24.8. The zero-order chi connectivity index (χ0) is 25.1. The molecule has 0 bridgehead atoms. The highest BCUT2D eigenvalue weighted by Crippen LogP contribution is 2.35. The number of fused-ring (bicyclic) bond motifs is 1. The van der Waals surface area contributed by atoms with Crippen LogP contribution in [0.25, 0.3) is 0 Å². The Labute approximate surface area is 210 Å². The molecule has 0 aromatic carbocycles. The molecule has 2 aliphatic heterocycles. The fourth-order valence-electron chi connectivity index (χ4n) is 3.20. The molecule has 2 amide bonds. The lowest BCUT2D eigenvalue weighted by Crippen LogP contribution is -2.73. The van der Waals surface area contributed by atoms with Gasteiger partial charge in [0.1, 0.15) is 36.6 Å². The number of anilines is 1. The van der Waals surface area contributed by atoms with Crippen molar-refractivity contribution in [3.63, 3.8) is 0 Å². The van der Waals surface area contributed by atoms with Crippen LogP contribution >= 0.6 is 34.6 Å². The molecule has 35 heavy (non-hydrogen) atoms. The summed E-state index contributed by atoms with van der Waals surface area (Å²) in [6.07, 6.45) is 0. The number of carboxylic acid groups (broad SMARTS) is 1. The van der Waals surface area contributed by atoms with Crippen LogP contribution in [-0.4, -0.2) is 84.1 Å². The van der Waals surface area contributed by atoms with Gasteiger partial charge < -0.3 is 25.7 Å². The number of β-lactam (4-membered cyclic amide) rings is 1. The van der Waals surface area contributed by atoms with Crippen LogP contribution in [-0.2, 0) is 24.0 Å². The molecule has 2 atom stereocenters. The van der Waals surface area contributed by atoms with Gasteiger partial charge in [0, 0.05) is 11.5 Å². The van der Waals surface area contributed by atoms with Crippen molar-refractivity contribution >= 4 is 63.3 Å². The molecule has 2 aromatic rings. The van der Waals surface area contributed by atoms with Crippen molar-refractivity contribution in [2.45, 2.75) is 30.3 Å². The van der Waals surface area contributed by atoms with Crippen LogP contribution in [0.2, 0.25) is 0 Å². The first-order valence-corrected chi connectivity index (χ1v) is 12.8. The number of aromatic nitrogens is 4. The minimum Gasteiger partial charge on any atom is -0.492 e. The van der Waals surface area contributed by atoms with E-state index in [9.17, 15) is 19.5 Å². The van der Waals surface area contributed by atoms with E-state index in [0.717, 1.165) is 16.4 Å². The van der Waals surface area contributed by atoms with Gasteiger partial charge in [0.05, 0.1) is 5.75 Å². The molecule has 4 N–H and O–H groups in total. The maximum atomic E-state index is 13.0. The molecule has 4 heterocycles. The number of carbonyl (C=O) groups is 3. The van der Waals surface area contributed by atoms with E-state index >= 15 is 0 Å². The largest absolute Gasteiger partial charge is 0.492 e. The lowest BCUT2D eigenvalue weighted by Gasteiger charge is -2.49. The third kappa shape index (κ3) is 5.35. The van der Waals surface area contributed by atoms with Gasteiger partial charge in [-0.1, -0.05) is 42.1 Å². The average molecular weight is 541 g/mol. The third-order valence-electron chi connectivity index (χ3n) is 4.74. The van der Waals surface area contributed by atoms with Crippen molar-refractivity contribution in [3.8, 4) is 0 Å². The van der Waals surface area contributed by atoms with Gasteiger partial charge in [-0.2, -0.15) is 9.36 Å². The van der Waals surface area contributed by atoms with Crippen LogP contribution in [0.4, 0.5) is 5.13 Å².